The lowest BCUT2D eigenvalue weighted by Crippen LogP contribution is -2.45. The van der Waals surface area contributed by atoms with Crippen LogP contribution < -0.4 is 10.6 Å². The fraction of sp³-hybridized carbons (Fsp3) is 0.474. The molecule has 5 nitrogen and oxygen atoms in total. The first-order valence-corrected chi connectivity index (χ1v) is 8.59. The van der Waals surface area contributed by atoms with Crippen LogP contribution in [0.15, 0.2) is 41.6 Å². The Morgan fingerprint density at radius 1 is 1.21 bits per heavy atom. The van der Waals surface area contributed by atoms with E-state index in [0.717, 1.165) is 24.8 Å². The highest BCUT2D eigenvalue weighted by atomic mass is 16.5. The summed E-state index contributed by atoms with van der Waals surface area (Å²) in [6.07, 6.45) is 4.08. The largest absolute Gasteiger partial charge is 0.459 e. The van der Waals surface area contributed by atoms with E-state index < -0.39 is 6.04 Å². The second-order valence-electron chi connectivity index (χ2n) is 6.78. The molecule has 0 unspecified atom stereocenters. The van der Waals surface area contributed by atoms with Crippen molar-refractivity contribution < 1.29 is 14.3 Å². The van der Waals surface area contributed by atoms with E-state index in [1.807, 2.05) is 30.3 Å². The van der Waals surface area contributed by atoms with Gasteiger partial charge in [0.25, 0.3) is 0 Å². The van der Waals surface area contributed by atoms with Gasteiger partial charge in [-0.05, 0) is 37.7 Å². The van der Waals surface area contributed by atoms with Crippen molar-refractivity contribution in [1.82, 2.24) is 10.6 Å². The number of carbonyl (C=O) groups is 2. The lowest BCUT2D eigenvalue weighted by Gasteiger charge is -2.31. The monoisotopic (exact) mass is 328 g/mol. The van der Waals surface area contributed by atoms with E-state index in [0.29, 0.717) is 17.2 Å². The Morgan fingerprint density at radius 3 is 2.67 bits per heavy atom. The summed E-state index contributed by atoms with van der Waals surface area (Å²) in [5.41, 5.74) is 1.91. The minimum Gasteiger partial charge on any atom is -0.459 e. The fourth-order valence-corrected chi connectivity index (χ4v) is 3.56. The smallest absolute Gasteiger partial charge is 0.338 e. The van der Waals surface area contributed by atoms with Crippen LogP contribution in [-0.2, 0) is 9.53 Å². The van der Waals surface area contributed by atoms with Gasteiger partial charge in [-0.25, -0.2) is 9.59 Å². The van der Waals surface area contributed by atoms with Gasteiger partial charge < -0.3 is 15.4 Å². The summed E-state index contributed by atoms with van der Waals surface area (Å²) < 4.78 is 5.77. The van der Waals surface area contributed by atoms with Crippen molar-refractivity contribution >= 4 is 12.0 Å². The average Bonchev–Trinajstić information content (AvgIpc) is 2.54. The topological polar surface area (TPSA) is 67.4 Å². The number of allylic oxidation sites excluding steroid dienone is 1. The number of esters is 1. The normalized spacial score (nSPS) is 27.2. The highest BCUT2D eigenvalue weighted by Crippen LogP contribution is 2.30. The van der Waals surface area contributed by atoms with E-state index in [4.69, 9.17) is 4.74 Å². The first-order chi connectivity index (χ1) is 11.5. The van der Waals surface area contributed by atoms with Crippen LogP contribution in [0.25, 0.3) is 0 Å². The molecule has 0 radical (unpaired) electrons. The predicted molar refractivity (Wildman–Crippen MR) is 91.1 cm³/mol. The van der Waals surface area contributed by atoms with Gasteiger partial charge in [0.05, 0.1) is 11.6 Å². The molecule has 1 aliphatic heterocycles. The highest BCUT2D eigenvalue weighted by Gasteiger charge is 2.33. The highest BCUT2D eigenvalue weighted by molar-refractivity contribution is 5.95. The molecule has 5 heteroatoms. The van der Waals surface area contributed by atoms with Crippen molar-refractivity contribution in [2.24, 2.45) is 5.92 Å². The summed E-state index contributed by atoms with van der Waals surface area (Å²) in [5, 5.41) is 5.52. The van der Waals surface area contributed by atoms with Crippen molar-refractivity contribution in [2.75, 3.05) is 0 Å². The van der Waals surface area contributed by atoms with Gasteiger partial charge in [-0.3, -0.25) is 0 Å². The van der Waals surface area contributed by atoms with E-state index in [1.165, 1.54) is 6.42 Å². The first kappa shape index (κ1) is 16.6. The molecule has 24 heavy (non-hydrogen) atoms. The number of hydrogen-bond donors (Lipinski definition) is 2. The van der Waals surface area contributed by atoms with E-state index in [1.54, 1.807) is 6.92 Å². The van der Waals surface area contributed by atoms with Crippen LogP contribution in [0.4, 0.5) is 4.79 Å². The number of rotatable bonds is 3. The molecule has 1 heterocycles. The predicted octanol–water partition coefficient (Wildman–Crippen LogP) is 3.44. The first-order valence-electron chi connectivity index (χ1n) is 8.59. The summed E-state index contributed by atoms with van der Waals surface area (Å²) >= 11 is 0. The Hall–Kier alpha value is -2.30. The van der Waals surface area contributed by atoms with Gasteiger partial charge in [-0.2, -0.15) is 0 Å². The lowest BCUT2D eigenvalue weighted by atomic mass is 9.88. The van der Waals surface area contributed by atoms with Gasteiger partial charge >= 0.3 is 12.0 Å². The number of ether oxygens (including phenoxy) is 1. The van der Waals surface area contributed by atoms with Crippen LogP contribution in [0.5, 0.6) is 0 Å². The fourth-order valence-electron chi connectivity index (χ4n) is 3.56. The van der Waals surface area contributed by atoms with Crippen LogP contribution in [-0.4, -0.2) is 18.1 Å². The molecule has 0 saturated heterocycles. The molecule has 2 N–H and O–H groups in total. The number of hydrogen-bond acceptors (Lipinski definition) is 3. The van der Waals surface area contributed by atoms with Gasteiger partial charge in [0, 0.05) is 5.70 Å². The third-order valence-corrected chi connectivity index (χ3v) is 4.78. The van der Waals surface area contributed by atoms with Gasteiger partial charge in [-0.1, -0.05) is 43.7 Å². The zero-order valence-electron chi connectivity index (χ0n) is 14.2. The molecular formula is C19H24N2O3. The summed E-state index contributed by atoms with van der Waals surface area (Å²) in [5.74, 6) is 0.244. The number of benzene rings is 1. The summed E-state index contributed by atoms with van der Waals surface area (Å²) in [6, 6.07) is 8.72. The molecule has 1 aliphatic carbocycles. The minimum absolute atomic E-state index is 0.0319. The standard InChI is InChI=1S/C19H24N2O3/c1-12-7-6-10-15(11-12)24-18(22)16-13(2)20-19(23)21-17(16)14-8-4-3-5-9-14/h3-5,8-9,12,15,17H,6-7,10-11H2,1-2H3,(H2,20,21,23)/t12-,15-,17-/m1/s1. The molecule has 1 fully saturated rings. The molecule has 3 atom stereocenters. The van der Waals surface area contributed by atoms with Crippen molar-refractivity contribution in [3.63, 3.8) is 0 Å². The maximum Gasteiger partial charge on any atom is 0.338 e. The van der Waals surface area contributed by atoms with Gasteiger partial charge in [0.1, 0.15) is 6.10 Å². The molecule has 1 aromatic carbocycles. The number of amides is 2. The van der Waals surface area contributed by atoms with Crippen LogP contribution in [0.3, 0.4) is 0 Å². The Morgan fingerprint density at radius 2 is 1.96 bits per heavy atom. The SMILES string of the molecule is CC1=C(C(=O)O[C@@H]2CCC[C@@H](C)C2)[C@@H](c2ccccc2)NC(=O)N1. The molecule has 1 saturated carbocycles. The molecule has 0 bridgehead atoms. The summed E-state index contributed by atoms with van der Waals surface area (Å²) in [6.45, 7) is 3.94. The number of urea groups is 1. The maximum atomic E-state index is 12.8. The van der Waals surface area contributed by atoms with E-state index >= 15 is 0 Å². The zero-order chi connectivity index (χ0) is 17.1. The van der Waals surface area contributed by atoms with Crippen LogP contribution in [0.1, 0.15) is 51.1 Å². The molecule has 0 aromatic heterocycles. The lowest BCUT2D eigenvalue weighted by molar-refractivity contribution is -0.146. The second kappa shape index (κ2) is 7.07. The Bertz CT molecular complexity index is 654. The molecule has 2 aliphatic rings. The third-order valence-electron chi connectivity index (χ3n) is 4.78. The molecule has 2 amide bonds. The van der Waals surface area contributed by atoms with Crippen molar-refractivity contribution in [3.05, 3.63) is 47.2 Å². The number of nitrogens with one attached hydrogen (secondary N) is 2. The molecular weight excluding hydrogens is 304 g/mol. The zero-order valence-corrected chi connectivity index (χ0v) is 14.2. The molecule has 3 rings (SSSR count). The Labute approximate surface area is 142 Å². The van der Waals surface area contributed by atoms with Crippen molar-refractivity contribution in [1.29, 1.82) is 0 Å². The maximum absolute atomic E-state index is 12.8. The van der Waals surface area contributed by atoms with Gasteiger partial charge in [0.2, 0.25) is 0 Å². The van der Waals surface area contributed by atoms with Crippen molar-refractivity contribution in [2.45, 2.75) is 51.7 Å². The Kier molecular flexibility index (Phi) is 4.88. The third kappa shape index (κ3) is 3.61. The van der Waals surface area contributed by atoms with E-state index in [9.17, 15) is 9.59 Å². The molecule has 0 spiro atoms. The molecule has 128 valence electrons. The van der Waals surface area contributed by atoms with Crippen molar-refractivity contribution in [3.8, 4) is 0 Å². The minimum atomic E-state index is -0.478. The van der Waals surface area contributed by atoms with Gasteiger partial charge in [-0.15, -0.1) is 0 Å². The Balaban J connectivity index is 1.83. The van der Waals surface area contributed by atoms with Crippen LogP contribution >= 0.6 is 0 Å². The summed E-state index contributed by atoms with van der Waals surface area (Å²) in [7, 11) is 0. The van der Waals surface area contributed by atoms with E-state index in [-0.39, 0.29) is 18.1 Å². The van der Waals surface area contributed by atoms with Gasteiger partial charge in [0.15, 0.2) is 0 Å². The van der Waals surface area contributed by atoms with E-state index in [2.05, 4.69) is 17.6 Å². The van der Waals surface area contributed by atoms with Crippen LogP contribution in [0, 0.1) is 5.92 Å². The second-order valence-corrected chi connectivity index (χ2v) is 6.78. The molecule has 1 aromatic rings. The van der Waals surface area contributed by atoms with Crippen LogP contribution in [0.2, 0.25) is 0 Å². The quantitative estimate of drug-likeness (QED) is 0.835. The average molecular weight is 328 g/mol. The summed E-state index contributed by atoms with van der Waals surface area (Å²) in [4.78, 5) is 24.7. The number of carbonyl (C=O) groups excluding carboxylic acids is 2.